The summed E-state index contributed by atoms with van der Waals surface area (Å²) in [4.78, 5) is 4.62. The van der Waals surface area contributed by atoms with E-state index in [4.69, 9.17) is 0 Å². The first-order chi connectivity index (χ1) is 9.95. The zero-order chi connectivity index (χ0) is 15.0. The maximum Gasteiger partial charge on any atom is 0.0970 e. The highest BCUT2D eigenvalue weighted by Crippen LogP contribution is 2.30. The number of rotatable bonds is 3. The van der Waals surface area contributed by atoms with Gasteiger partial charge in [-0.2, -0.15) is 0 Å². The number of fused-ring (bicyclic) bond motifs is 1. The largest absolute Gasteiger partial charge is 0.385 e. The molecule has 2 nitrogen and oxygen atoms in total. The Morgan fingerprint density at radius 2 is 1.86 bits per heavy atom. The van der Waals surface area contributed by atoms with Crippen molar-refractivity contribution in [2.24, 2.45) is 0 Å². The van der Waals surface area contributed by atoms with Crippen LogP contribution in [0.15, 0.2) is 42.5 Å². The second-order valence-electron chi connectivity index (χ2n) is 5.82. The van der Waals surface area contributed by atoms with E-state index in [9.17, 15) is 5.11 Å². The van der Waals surface area contributed by atoms with Crippen LogP contribution >= 0.6 is 11.3 Å². The Balaban J connectivity index is 1.92. The van der Waals surface area contributed by atoms with Gasteiger partial charge in [-0.1, -0.05) is 30.3 Å². The zero-order valence-electron chi connectivity index (χ0n) is 12.6. The Labute approximate surface area is 129 Å². The topological polar surface area (TPSA) is 33.1 Å². The molecule has 0 aliphatic carbocycles. The summed E-state index contributed by atoms with van der Waals surface area (Å²) >= 11 is 1.66. The molecule has 1 aromatic heterocycles. The summed E-state index contributed by atoms with van der Waals surface area (Å²) in [7, 11) is 0. The van der Waals surface area contributed by atoms with Gasteiger partial charge in [0, 0.05) is 6.42 Å². The van der Waals surface area contributed by atoms with Crippen molar-refractivity contribution in [1.82, 2.24) is 4.98 Å². The van der Waals surface area contributed by atoms with Gasteiger partial charge in [-0.05, 0) is 49.6 Å². The maximum absolute atomic E-state index is 10.8. The second-order valence-corrected chi connectivity index (χ2v) is 6.94. The number of nitrogens with zero attached hydrogens (tertiary/aromatic N) is 1. The molecule has 0 aliphatic rings. The number of benzene rings is 2. The molecule has 1 N–H and O–H groups in total. The zero-order valence-corrected chi connectivity index (χ0v) is 13.4. The Kier molecular flexibility index (Phi) is 3.56. The van der Waals surface area contributed by atoms with Crippen LogP contribution in [0.3, 0.4) is 0 Å². The molecule has 0 bridgehead atoms. The number of aromatic nitrogens is 1. The number of thiazole rings is 1. The summed E-state index contributed by atoms with van der Waals surface area (Å²) in [6.07, 6.45) is 0.537. The van der Waals surface area contributed by atoms with E-state index < -0.39 is 5.60 Å². The van der Waals surface area contributed by atoms with E-state index >= 15 is 0 Å². The monoisotopic (exact) mass is 297 g/mol. The van der Waals surface area contributed by atoms with Gasteiger partial charge in [-0.25, -0.2) is 4.98 Å². The van der Waals surface area contributed by atoms with Crippen LogP contribution in [-0.4, -0.2) is 10.1 Å². The fourth-order valence-electron chi connectivity index (χ4n) is 2.47. The average Bonchev–Trinajstić information content (AvgIpc) is 2.82. The molecular weight excluding hydrogens is 278 g/mol. The molecular formula is C18H19NOS. The van der Waals surface area contributed by atoms with E-state index in [1.807, 2.05) is 31.2 Å². The average molecular weight is 297 g/mol. The number of hydrogen-bond donors (Lipinski definition) is 1. The minimum absolute atomic E-state index is 0.537. The van der Waals surface area contributed by atoms with Crippen LogP contribution in [0.1, 0.15) is 28.6 Å². The van der Waals surface area contributed by atoms with Crippen LogP contribution in [0.2, 0.25) is 0 Å². The Bertz CT molecular complexity index is 756. The van der Waals surface area contributed by atoms with Crippen molar-refractivity contribution in [2.75, 3.05) is 0 Å². The van der Waals surface area contributed by atoms with E-state index in [-0.39, 0.29) is 0 Å². The van der Waals surface area contributed by atoms with E-state index in [0.29, 0.717) is 6.42 Å². The fourth-order valence-corrected chi connectivity index (χ4v) is 3.58. The van der Waals surface area contributed by atoms with Crippen molar-refractivity contribution in [3.05, 3.63) is 64.2 Å². The summed E-state index contributed by atoms with van der Waals surface area (Å²) in [5.41, 5.74) is 3.51. The van der Waals surface area contributed by atoms with E-state index in [2.05, 4.69) is 37.0 Å². The van der Waals surface area contributed by atoms with Gasteiger partial charge in [0.1, 0.15) is 0 Å². The molecule has 0 radical (unpaired) electrons. The van der Waals surface area contributed by atoms with Gasteiger partial charge in [-0.3, -0.25) is 0 Å². The van der Waals surface area contributed by atoms with Crippen LogP contribution in [0, 0.1) is 13.8 Å². The molecule has 0 saturated heterocycles. The van der Waals surface area contributed by atoms with Crippen LogP contribution in [0.5, 0.6) is 0 Å². The Morgan fingerprint density at radius 3 is 2.57 bits per heavy atom. The molecule has 108 valence electrons. The van der Waals surface area contributed by atoms with Crippen molar-refractivity contribution >= 4 is 21.6 Å². The van der Waals surface area contributed by atoms with Crippen molar-refractivity contribution in [3.8, 4) is 0 Å². The van der Waals surface area contributed by atoms with Crippen molar-refractivity contribution < 1.29 is 5.11 Å². The fraction of sp³-hybridized carbons (Fsp3) is 0.278. The first kappa shape index (κ1) is 14.2. The summed E-state index contributed by atoms with van der Waals surface area (Å²) < 4.78 is 1.17. The number of aryl methyl sites for hydroxylation is 2. The molecule has 3 aromatic rings. The predicted octanol–water partition coefficient (Wildman–Crippen LogP) is 4.36. The Hall–Kier alpha value is -1.71. The molecule has 1 atom stereocenters. The van der Waals surface area contributed by atoms with Gasteiger partial charge >= 0.3 is 0 Å². The van der Waals surface area contributed by atoms with E-state index in [0.717, 1.165) is 16.1 Å². The molecule has 0 amide bonds. The standard InChI is InChI=1S/C18H19NOS/c1-12-8-9-14(10-13(12)2)18(3,20)11-17-19-15-6-4-5-7-16(15)21-17/h4-10,20H,11H2,1-3H3. The molecule has 0 aliphatic heterocycles. The molecule has 0 saturated carbocycles. The first-order valence-electron chi connectivity index (χ1n) is 7.10. The molecule has 0 spiro atoms. The molecule has 21 heavy (non-hydrogen) atoms. The van der Waals surface area contributed by atoms with Gasteiger partial charge < -0.3 is 5.11 Å². The predicted molar refractivity (Wildman–Crippen MR) is 88.8 cm³/mol. The highest BCUT2D eigenvalue weighted by Gasteiger charge is 2.25. The highest BCUT2D eigenvalue weighted by molar-refractivity contribution is 7.18. The van der Waals surface area contributed by atoms with Crippen LogP contribution in [-0.2, 0) is 12.0 Å². The third kappa shape index (κ3) is 2.85. The minimum atomic E-state index is -0.896. The van der Waals surface area contributed by atoms with Gasteiger partial charge in [0.05, 0.1) is 20.8 Å². The van der Waals surface area contributed by atoms with Gasteiger partial charge in [-0.15, -0.1) is 11.3 Å². The highest BCUT2D eigenvalue weighted by atomic mass is 32.1. The lowest BCUT2D eigenvalue weighted by atomic mass is 9.90. The van der Waals surface area contributed by atoms with Crippen molar-refractivity contribution in [1.29, 1.82) is 0 Å². The summed E-state index contributed by atoms with van der Waals surface area (Å²) in [5.74, 6) is 0. The maximum atomic E-state index is 10.8. The smallest absolute Gasteiger partial charge is 0.0970 e. The van der Waals surface area contributed by atoms with Gasteiger partial charge in [0.15, 0.2) is 0 Å². The lowest BCUT2D eigenvalue weighted by molar-refractivity contribution is 0.0575. The first-order valence-corrected chi connectivity index (χ1v) is 7.92. The summed E-state index contributed by atoms with van der Waals surface area (Å²) in [5, 5.41) is 11.8. The minimum Gasteiger partial charge on any atom is -0.385 e. The second kappa shape index (κ2) is 5.24. The molecule has 1 unspecified atom stereocenters. The molecule has 1 heterocycles. The summed E-state index contributed by atoms with van der Waals surface area (Å²) in [6.45, 7) is 6.02. The van der Waals surface area contributed by atoms with Crippen LogP contribution < -0.4 is 0 Å². The molecule has 3 rings (SSSR count). The van der Waals surface area contributed by atoms with Crippen LogP contribution in [0.4, 0.5) is 0 Å². The van der Waals surface area contributed by atoms with Crippen LogP contribution in [0.25, 0.3) is 10.2 Å². The lowest BCUT2D eigenvalue weighted by Crippen LogP contribution is -2.24. The molecule has 2 aromatic carbocycles. The number of aliphatic hydroxyl groups is 1. The summed E-state index contributed by atoms with van der Waals surface area (Å²) in [6, 6.07) is 14.2. The lowest BCUT2D eigenvalue weighted by Gasteiger charge is -2.23. The van der Waals surface area contributed by atoms with Gasteiger partial charge in [0.2, 0.25) is 0 Å². The van der Waals surface area contributed by atoms with E-state index in [1.165, 1.54) is 15.8 Å². The SMILES string of the molecule is Cc1ccc(C(C)(O)Cc2nc3ccccc3s2)cc1C. The van der Waals surface area contributed by atoms with E-state index in [1.54, 1.807) is 11.3 Å². The quantitative estimate of drug-likeness (QED) is 0.779. The molecule has 3 heteroatoms. The third-order valence-electron chi connectivity index (χ3n) is 3.96. The molecule has 0 fully saturated rings. The third-order valence-corrected chi connectivity index (χ3v) is 5.00. The Morgan fingerprint density at radius 1 is 1.10 bits per heavy atom. The van der Waals surface area contributed by atoms with Crippen molar-refractivity contribution in [2.45, 2.75) is 32.8 Å². The normalized spacial score (nSPS) is 14.3. The van der Waals surface area contributed by atoms with Crippen molar-refractivity contribution in [3.63, 3.8) is 0 Å². The number of hydrogen-bond acceptors (Lipinski definition) is 3. The van der Waals surface area contributed by atoms with Gasteiger partial charge in [0.25, 0.3) is 0 Å². The number of para-hydroxylation sites is 1.